The molecule has 0 radical (unpaired) electrons. The van der Waals surface area contributed by atoms with E-state index in [2.05, 4.69) is 39.2 Å². The molecule has 1 aromatic carbocycles. The number of nitrogens with zero attached hydrogens (tertiary/aromatic N) is 3. The highest BCUT2D eigenvalue weighted by Gasteiger charge is 2.20. The molecule has 5 nitrogen and oxygen atoms in total. The zero-order valence-corrected chi connectivity index (χ0v) is 15.8. The van der Waals surface area contributed by atoms with Gasteiger partial charge in [-0.05, 0) is 31.9 Å². The Kier molecular flexibility index (Phi) is 5.09. The van der Waals surface area contributed by atoms with E-state index >= 15 is 0 Å². The molecular weight excluding hydrogens is 346 g/mol. The number of hydrogen-bond acceptors (Lipinski definition) is 4. The number of piperidine rings is 1. The van der Waals surface area contributed by atoms with E-state index in [4.69, 9.17) is 16.6 Å². The maximum absolute atomic E-state index is 6.41. The van der Waals surface area contributed by atoms with E-state index in [0.29, 0.717) is 17.0 Å². The molecule has 0 atom stereocenters. The zero-order chi connectivity index (χ0) is 17.9. The quantitative estimate of drug-likeness (QED) is 0.692. The maximum Gasteiger partial charge on any atom is 0.223 e. The molecular formula is C20H24ClN5. The van der Waals surface area contributed by atoms with Crippen molar-refractivity contribution in [3.8, 4) is 11.3 Å². The second-order valence-electron chi connectivity index (χ2n) is 6.90. The number of anilines is 1. The molecule has 0 spiro atoms. The van der Waals surface area contributed by atoms with Gasteiger partial charge in [0.2, 0.25) is 5.95 Å². The van der Waals surface area contributed by atoms with Crippen LogP contribution in [0.3, 0.4) is 0 Å². The zero-order valence-electron chi connectivity index (χ0n) is 15.0. The van der Waals surface area contributed by atoms with Gasteiger partial charge in [0.05, 0.1) is 16.9 Å². The average Bonchev–Trinajstić information content (AvgIpc) is 3.09. The summed E-state index contributed by atoms with van der Waals surface area (Å²) in [5.41, 5.74) is 2.86. The van der Waals surface area contributed by atoms with Crippen LogP contribution < -0.4 is 5.32 Å². The second-order valence-corrected chi connectivity index (χ2v) is 7.31. The van der Waals surface area contributed by atoms with Crippen molar-refractivity contribution < 1.29 is 0 Å². The third kappa shape index (κ3) is 3.55. The average molecular weight is 370 g/mol. The lowest BCUT2D eigenvalue weighted by Gasteiger charge is -2.32. The molecule has 2 N–H and O–H groups in total. The van der Waals surface area contributed by atoms with Crippen molar-refractivity contribution in [1.82, 2.24) is 19.9 Å². The summed E-state index contributed by atoms with van der Waals surface area (Å²) in [6.45, 7) is 5.69. The summed E-state index contributed by atoms with van der Waals surface area (Å²) in [7, 11) is 0. The largest absolute Gasteiger partial charge is 0.360 e. The fourth-order valence-corrected chi connectivity index (χ4v) is 3.89. The number of rotatable bonds is 5. The number of nitrogens with one attached hydrogen (secondary N) is 2. The Labute approximate surface area is 158 Å². The fourth-order valence-electron chi connectivity index (χ4n) is 3.69. The number of fused-ring (bicyclic) bond motifs is 1. The highest BCUT2D eigenvalue weighted by atomic mass is 35.5. The van der Waals surface area contributed by atoms with Crippen molar-refractivity contribution in [1.29, 1.82) is 0 Å². The molecule has 1 fully saturated rings. The van der Waals surface area contributed by atoms with Crippen LogP contribution in [-0.4, -0.2) is 45.5 Å². The summed E-state index contributed by atoms with van der Waals surface area (Å²) in [4.78, 5) is 14.9. The normalized spacial score (nSPS) is 16.2. The smallest absolute Gasteiger partial charge is 0.223 e. The monoisotopic (exact) mass is 369 g/mol. The van der Waals surface area contributed by atoms with Crippen LogP contribution in [0.15, 0.2) is 36.7 Å². The maximum atomic E-state index is 6.41. The van der Waals surface area contributed by atoms with Crippen LogP contribution in [-0.2, 0) is 0 Å². The van der Waals surface area contributed by atoms with E-state index in [0.717, 1.165) is 48.1 Å². The van der Waals surface area contributed by atoms with Gasteiger partial charge >= 0.3 is 0 Å². The van der Waals surface area contributed by atoms with Gasteiger partial charge in [-0.25, -0.2) is 9.97 Å². The molecule has 0 saturated carbocycles. The second kappa shape index (κ2) is 7.64. The van der Waals surface area contributed by atoms with Gasteiger partial charge in [0, 0.05) is 41.8 Å². The molecule has 1 aliphatic heterocycles. The Morgan fingerprint density at radius 2 is 2.08 bits per heavy atom. The van der Waals surface area contributed by atoms with Gasteiger partial charge in [-0.2, -0.15) is 0 Å². The molecule has 3 heterocycles. The summed E-state index contributed by atoms with van der Waals surface area (Å²) < 4.78 is 0. The number of H-pyrrole nitrogens is 1. The predicted octanol–water partition coefficient (Wildman–Crippen LogP) is 4.56. The first-order valence-electron chi connectivity index (χ1n) is 9.32. The van der Waals surface area contributed by atoms with E-state index < -0.39 is 0 Å². The van der Waals surface area contributed by atoms with E-state index in [1.165, 1.54) is 13.0 Å². The Morgan fingerprint density at radius 1 is 1.27 bits per heavy atom. The molecule has 3 aromatic rings. The lowest BCUT2D eigenvalue weighted by Crippen LogP contribution is -2.39. The van der Waals surface area contributed by atoms with Crippen LogP contribution in [0.5, 0.6) is 0 Å². The Balaban J connectivity index is 1.54. The van der Waals surface area contributed by atoms with Gasteiger partial charge in [0.25, 0.3) is 0 Å². The molecule has 1 saturated heterocycles. The van der Waals surface area contributed by atoms with Gasteiger partial charge in [0.15, 0.2) is 0 Å². The standard InChI is InChI=1S/C20H24ClN5/c1-2-9-26-10-7-14(8-11-26)24-20-23-13-17(21)19(25-20)16-12-22-18-6-4-3-5-15(16)18/h3-6,12-14,22H,2,7-11H2,1H3,(H,23,24,25). The molecule has 4 rings (SSSR count). The molecule has 0 aliphatic carbocycles. The van der Waals surface area contributed by atoms with Crippen molar-refractivity contribution in [2.75, 3.05) is 25.0 Å². The third-order valence-electron chi connectivity index (χ3n) is 5.05. The number of para-hydroxylation sites is 1. The van der Waals surface area contributed by atoms with Crippen LogP contribution in [0.25, 0.3) is 22.2 Å². The summed E-state index contributed by atoms with van der Waals surface area (Å²) in [6, 6.07) is 8.59. The van der Waals surface area contributed by atoms with Gasteiger partial charge < -0.3 is 15.2 Å². The lowest BCUT2D eigenvalue weighted by atomic mass is 10.1. The van der Waals surface area contributed by atoms with Gasteiger partial charge in [-0.3, -0.25) is 0 Å². The van der Waals surface area contributed by atoms with Crippen molar-refractivity contribution >= 4 is 28.5 Å². The molecule has 0 bridgehead atoms. The first-order valence-corrected chi connectivity index (χ1v) is 9.70. The lowest BCUT2D eigenvalue weighted by molar-refractivity contribution is 0.219. The summed E-state index contributed by atoms with van der Waals surface area (Å²) >= 11 is 6.41. The first-order chi connectivity index (χ1) is 12.7. The van der Waals surface area contributed by atoms with Gasteiger partial charge in [0.1, 0.15) is 0 Å². The van der Waals surface area contributed by atoms with Crippen molar-refractivity contribution in [3.63, 3.8) is 0 Å². The highest BCUT2D eigenvalue weighted by Crippen LogP contribution is 2.32. The molecule has 2 aromatic heterocycles. The van der Waals surface area contributed by atoms with E-state index in [9.17, 15) is 0 Å². The third-order valence-corrected chi connectivity index (χ3v) is 5.33. The van der Waals surface area contributed by atoms with Crippen LogP contribution in [0.2, 0.25) is 5.02 Å². The summed E-state index contributed by atoms with van der Waals surface area (Å²) in [6.07, 6.45) is 7.11. The van der Waals surface area contributed by atoms with E-state index in [1.807, 2.05) is 18.3 Å². The first kappa shape index (κ1) is 17.3. The van der Waals surface area contributed by atoms with Crippen LogP contribution >= 0.6 is 11.6 Å². The predicted molar refractivity (Wildman–Crippen MR) is 108 cm³/mol. The van der Waals surface area contributed by atoms with Crippen molar-refractivity contribution in [3.05, 3.63) is 41.7 Å². The van der Waals surface area contributed by atoms with Gasteiger partial charge in [-0.1, -0.05) is 36.7 Å². The fraction of sp³-hybridized carbons (Fsp3) is 0.400. The number of hydrogen-bond donors (Lipinski definition) is 2. The molecule has 6 heteroatoms. The van der Waals surface area contributed by atoms with Crippen molar-refractivity contribution in [2.45, 2.75) is 32.2 Å². The van der Waals surface area contributed by atoms with E-state index in [-0.39, 0.29) is 0 Å². The molecule has 0 unspecified atom stereocenters. The number of likely N-dealkylation sites (tertiary alicyclic amines) is 1. The Morgan fingerprint density at radius 3 is 2.88 bits per heavy atom. The SMILES string of the molecule is CCCN1CCC(Nc2ncc(Cl)c(-c3c[nH]c4ccccc34)n2)CC1. The topological polar surface area (TPSA) is 56.8 Å². The number of benzene rings is 1. The minimum atomic E-state index is 0.417. The molecule has 0 amide bonds. The Bertz CT molecular complexity index is 883. The van der Waals surface area contributed by atoms with Crippen LogP contribution in [0.4, 0.5) is 5.95 Å². The summed E-state index contributed by atoms with van der Waals surface area (Å²) in [5, 5.41) is 5.19. The molecule has 136 valence electrons. The van der Waals surface area contributed by atoms with Crippen LogP contribution in [0, 0.1) is 0 Å². The number of halogens is 1. The molecule has 1 aliphatic rings. The number of aromatic amines is 1. The van der Waals surface area contributed by atoms with Gasteiger partial charge in [-0.15, -0.1) is 0 Å². The summed E-state index contributed by atoms with van der Waals surface area (Å²) in [5.74, 6) is 0.656. The minimum Gasteiger partial charge on any atom is -0.360 e. The minimum absolute atomic E-state index is 0.417. The molecule has 26 heavy (non-hydrogen) atoms. The van der Waals surface area contributed by atoms with E-state index in [1.54, 1.807) is 6.20 Å². The number of aromatic nitrogens is 3. The Hall–Kier alpha value is -2.11. The van der Waals surface area contributed by atoms with Crippen LogP contribution in [0.1, 0.15) is 26.2 Å². The van der Waals surface area contributed by atoms with Crippen molar-refractivity contribution in [2.24, 2.45) is 0 Å². The highest BCUT2D eigenvalue weighted by molar-refractivity contribution is 6.33.